The monoisotopic (exact) mass is 338 g/mol. The molecule has 0 aliphatic carbocycles. The van der Waals surface area contributed by atoms with Crippen LogP contribution in [-0.2, 0) is 4.74 Å². The van der Waals surface area contributed by atoms with Gasteiger partial charge in [-0.1, -0.05) is 0 Å². The highest BCUT2D eigenvalue weighted by Crippen LogP contribution is 2.17. The molecule has 3 heterocycles. The number of hydrogen-bond donors (Lipinski definition) is 1. The number of carbonyl (C=O) groups is 1. The third-order valence-electron chi connectivity index (χ3n) is 3.36. The van der Waals surface area contributed by atoms with Crippen molar-refractivity contribution in [2.24, 2.45) is 0 Å². The molecule has 1 aliphatic rings. The number of amides is 1. The average molecular weight is 339 g/mol. The van der Waals surface area contributed by atoms with E-state index in [1.54, 1.807) is 16.8 Å². The third-order valence-corrected chi connectivity index (χ3v) is 3.80. The molecule has 2 aromatic heterocycles. The van der Waals surface area contributed by atoms with Gasteiger partial charge in [0, 0.05) is 23.8 Å². The van der Waals surface area contributed by atoms with Gasteiger partial charge in [0.2, 0.25) is 0 Å². The molecule has 0 bridgehead atoms. The molecule has 106 valence electrons. The van der Waals surface area contributed by atoms with Crippen molar-refractivity contribution in [3.63, 3.8) is 0 Å². The fourth-order valence-electron chi connectivity index (χ4n) is 2.37. The summed E-state index contributed by atoms with van der Waals surface area (Å²) in [4.78, 5) is 16.3. The van der Waals surface area contributed by atoms with Gasteiger partial charge in [0.15, 0.2) is 5.65 Å². The van der Waals surface area contributed by atoms with E-state index in [1.807, 2.05) is 0 Å². The van der Waals surface area contributed by atoms with Crippen LogP contribution in [0.4, 0.5) is 0 Å². The van der Waals surface area contributed by atoms with E-state index in [1.165, 1.54) is 6.33 Å². The Morgan fingerprint density at radius 2 is 2.50 bits per heavy atom. The molecule has 1 amide bonds. The van der Waals surface area contributed by atoms with Gasteiger partial charge in [-0.3, -0.25) is 4.79 Å². The van der Waals surface area contributed by atoms with Gasteiger partial charge in [-0.05, 0) is 41.3 Å². The molecule has 0 saturated carbocycles. The highest BCUT2D eigenvalue weighted by molar-refractivity contribution is 9.10. The molecule has 3 rings (SSSR count). The smallest absolute Gasteiger partial charge is 0.255 e. The molecule has 1 saturated heterocycles. The summed E-state index contributed by atoms with van der Waals surface area (Å²) in [5.41, 5.74) is 1.08. The summed E-state index contributed by atoms with van der Waals surface area (Å²) in [6.45, 7) is 1.45. The molecule has 1 N–H and O–H groups in total. The van der Waals surface area contributed by atoms with Crippen molar-refractivity contribution in [1.29, 1.82) is 0 Å². The molecular weight excluding hydrogens is 324 g/mol. The number of rotatable bonds is 4. The summed E-state index contributed by atoms with van der Waals surface area (Å²) in [6, 6.07) is 1.76. The summed E-state index contributed by atoms with van der Waals surface area (Å²) >= 11 is 3.37. The number of halogens is 1. The van der Waals surface area contributed by atoms with Crippen molar-refractivity contribution >= 4 is 27.5 Å². The molecule has 1 atom stereocenters. The first-order valence-corrected chi connectivity index (χ1v) is 7.42. The molecule has 0 radical (unpaired) electrons. The van der Waals surface area contributed by atoms with Crippen molar-refractivity contribution < 1.29 is 9.53 Å². The maximum atomic E-state index is 12.2. The maximum Gasteiger partial charge on any atom is 0.255 e. The predicted molar refractivity (Wildman–Crippen MR) is 76.6 cm³/mol. The maximum absolute atomic E-state index is 12.2. The van der Waals surface area contributed by atoms with E-state index in [-0.39, 0.29) is 12.0 Å². The number of aromatic nitrogens is 3. The van der Waals surface area contributed by atoms with Crippen LogP contribution in [0.5, 0.6) is 0 Å². The number of nitrogens with zero attached hydrogens (tertiary/aromatic N) is 3. The number of carbonyl (C=O) groups excluding carboxylic acids is 1. The van der Waals surface area contributed by atoms with Gasteiger partial charge in [0.25, 0.3) is 5.91 Å². The van der Waals surface area contributed by atoms with Crippen molar-refractivity contribution in [3.8, 4) is 0 Å². The van der Waals surface area contributed by atoms with E-state index in [4.69, 9.17) is 4.74 Å². The first-order valence-electron chi connectivity index (χ1n) is 6.63. The standard InChI is InChI=1S/C13H15BrN4O2/c14-9-6-11(12-16-8-17-18(12)7-9)13(19)15-4-3-10-2-1-5-20-10/h6-8,10H,1-5H2,(H,15,19). The Bertz CT molecular complexity index is 622. The van der Waals surface area contributed by atoms with E-state index >= 15 is 0 Å². The molecule has 1 aliphatic heterocycles. The quantitative estimate of drug-likeness (QED) is 0.922. The fraction of sp³-hybridized carbons (Fsp3) is 0.462. The SMILES string of the molecule is O=C(NCCC1CCCO1)c1cc(Br)cn2ncnc12. The van der Waals surface area contributed by atoms with Crippen LogP contribution in [-0.4, -0.2) is 39.8 Å². The van der Waals surface area contributed by atoms with Crippen molar-refractivity contribution in [1.82, 2.24) is 19.9 Å². The minimum absolute atomic E-state index is 0.137. The lowest BCUT2D eigenvalue weighted by atomic mass is 10.2. The first-order chi connectivity index (χ1) is 9.74. The topological polar surface area (TPSA) is 68.5 Å². The Hall–Kier alpha value is -1.47. The lowest BCUT2D eigenvalue weighted by Gasteiger charge is -2.10. The van der Waals surface area contributed by atoms with Crippen LogP contribution in [0.3, 0.4) is 0 Å². The van der Waals surface area contributed by atoms with Gasteiger partial charge >= 0.3 is 0 Å². The molecule has 1 unspecified atom stereocenters. The van der Waals surface area contributed by atoms with Gasteiger partial charge in [-0.15, -0.1) is 0 Å². The van der Waals surface area contributed by atoms with Crippen LogP contribution < -0.4 is 5.32 Å². The van der Waals surface area contributed by atoms with Gasteiger partial charge in [-0.2, -0.15) is 5.10 Å². The van der Waals surface area contributed by atoms with E-state index < -0.39 is 0 Å². The minimum Gasteiger partial charge on any atom is -0.378 e. The van der Waals surface area contributed by atoms with Crippen molar-refractivity contribution in [2.75, 3.05) is 13.2 Å². The number of ether oxygens (including phenoxy) is 1. The Morgan fingerprint density at radius 1 is 1.60 bits per heavy atom. The molecule has 7 heteroatoms. The van der Waals surface area contributed by atoms with Crippen LogP contribution in [0.2, 0.25) is 0 Å². The average Bonchev–Trinajstić information content (AvgIpc) is 3.08. The number of hydrogen-bond acceptors (Lipinski definition) is 4. The van der Waals surface area contributed by atoms with Gasteiger partial charge in [0.05, 0.1) is 11.7 Å². The molecule has 1 fully saturated rings. The summed E-state index contributed by atoms with van der Waals surface area (Å²) < 4.78 is 7.91. The normalized spacial score (nSPS) is 18.6. The van der Waals surface area contributed by atoms with Crippen LogP contribution in [0, 0.1) is 0 Å². The summed E-state index contributed by atoms with van der Waals surface area (Å²) in [7, 11) is 0. The van der Waals surface area contributed by atoms with Gasteiger partial charge in [-0.25, -0.2) is 9.50 Å². The van der Waals surface area contributed by atoms with Crippen LogP contribution >= 0.6 is 15.9 Å². The lowest BCUT2D eigenvalue weighted by Crippen LogP contribution is -2.27. The number of pyridine rings is 1. The number of fused-ring (bicyclic) bond motifs is 1. The molecule has 20 heavy (non-hydrogen) atoms. The molecule has 6 nitrogen and oxygen atoms in total. The Balaban J connectivity index is 1.67. The Kier molecular flexibility index (Phi) is 3.98. The first kappa shape index (κ1) is 13.5. The third kappa shape index (κ3) is 2.83. The van der Waals surface area contributed by atoms with E-state index in [9.17, 15) is 4.79 Å². The number of nitrogens with one attached hydrogen (secondary N) is 1. The predicted octanol–water partition coefficient (Wildman–Crippen LogP) is 1.79. The van der Waals surface area contributed by atoms with Crippen LogP contribution in [0.1, 0.15) is 29.6 Å². The zero-order valence-electron chi connectivity index (χ0n) is 10.9. The second kappa shape index (κ2) is 5.88. The second-order valence-electron chi connectivity index (χ2n) is 4.78. The van der Waals surface area contributed by atoms with Crippen molar-refractivity contribution in [2.45, 2.75) is 25.4 Å². The molecule has 0 aromatic carbocycles. The van der Waals surface area contributed by atoms with E-state index in [2.05, 4.69) is 31.3 Å². The van der Waals surface area contributed by atoms with E-state index in [0.29, 0.717) is 17.8 Å². The summed E-state index contributed by atoms with van der Waals surface area (Å²) in [6.07, 6.45) is 6.54. The van der Waals surface area contributed by atoms with Crippen molar-refractivity contribution in [3.05, 3.63) is 28.6 Å². The fourth-order valence-corrected chi connectivity index (χ4v) is 2.80. The lowest BCUT2D eigenvalue weighted by molar-refractivity contribution is 0.0908. The van der Waals surface area contributed by atoms with Gasteiger partial charge in [0.1, 0.15) is 6.33 Å². The highest BCUT2D eigenvalue weighted by Gasteiger charge is 2.17. The van der Waals surface area contributed by atoms with E-state index in [0.717, 1.165) is 30.3 Å². The van der Waals surface area contributed by atoms with Gasteiger partial charge < -0.3 is 10.1 Å². The largest absolute Gasteiger partial charge is 0.378 e. The Labute approximate surface area is 124 Å². The summed E-state index contributed by atoms with van der Waals surface area (Å²) in [5, 5.41) is 6.96. The molecular formula is C13H15BrN4O2. The molecule has 2 aromatic rings. The molecule has 0 spiro atoms. The second-order valence-corrected chi connectivity index (χ2v) is 5.70. The Morgan fingerprint density at radius 3 is 3.30 bits per heavy atom. The van der Waals surface area contributed by atoms with Crippen LogP contribution in [0.15, 0.2) is 23.1 Å². The zero-order valence-corrected chi connectivity index (χ0v) is 12.5. The van der Waals surface area contributed by atoms with Crippen LogP contribution in [0.25, 0.3) is 5.65 Å². The highest BCUT2D eigenvalue weighted by atomic mass is 79.9. The zero-order chi connectivity index (χ0) is 13.9. The summed E-state index contributed by atoms with van der Waals surface area (Å²) in [5.74, 6) is -0.137. The minimum atomic E-state index is -0.137.